The standard InChI is InChI=1S/C13H23NO3/c1-5-10(15)8-14-11(16)7-13(4,12(14)17)6-9(2)3/h9-10,15H,5-8H2,1-4H3/t10-,13-/m1/s1. The predicted molar refractivity (Wildman–Crippen MR) is 65.2 cm³/mol. The van der Waals surface area contributed by atoms with Crippen LogP contribution in [0.25, 0.3) is 0 Å². The highest BCUT2D eigenvalue weighted by molar-refractivity contribution is 6.05. The summed E-state index contributed by atoms with van der Waals surface area (Å²) in [6.07, 6.45) is 0.943. The van der Waals surface area contributed by atoms with Crippen molar-refractivity contribution in [2.75, 3.05) is 6.54 Å². The summed E-state index contributed by atoms with van der Waals surface area (Å²) in [7, 11) is 0. The summed E-state index contributed by atoms with van der Waals surface area (Å²) in [5, 5.41) is 9.56. The maximum absolute atomic E-state index is 12.2. The number of nitrogens with zero attached hydrogens (tertiary/aromatic N) is 1. The van der Waals surface area contributed by atoms with E-state index in [9.17, 15) is 14.7 Å². The van der Waals surface area contributed by atoms with Crippen LogP contribution >= 0.6 is 0 Å². The lowest BCUT2D eigenvalue weighted by Gasteiger charge is -2.24. The zero-order valence-corrected chi connectivity index (χ0v) is 11.2. The van der Waals surface area contributed by atoms with E-state index in [1.165, 1.54) is 4.90 Å². The first kappa shape index (κ1) is 14.2. The number of hydrogen-bond acceptors (Lipinski definition) is 3. The average Bonchev–Trinajstić information content (AvgIpc) is 2.40. The second kappa shape index (κ2) is 5.17. The number of imide groups is 1. The van der Waals surface area contributed by atoms with Gasteiger partial charge in [-0.3, -0.25) is 14.5 Å². The monoisotopic (exact) mass is 241 g/mol. The summed E-state index contributed by atoms with van der Waals surface area (Å²) in [6, 6.07) is 0. The van der Waals surface area contributed by atoms with Gasteiger partial charge in [-0.1, -0.05) is 27.7 Å². The van der Waals surface area contributed by atoms with Crippen LogP contribution in [-0.2, 0) is 9.59 Å². The third kappa shape index (κ3) is 3.06. The molecular weight excluding hydrogens is 218 g/mol. The highest BCUT2D eigenvalue weighted by Gasteiger charge is 2.48. The van der Waals surface area contributed by atoms with Gasteiger partial charge in [0.15, 0.2) is 0 Å². The lowest BCUT2D eigenvalue weighted by Crippen LogP contribution is -2.39. The van der Waals surface area contributed by atoms with Gasteiger partial charge in [-0.25, -0.2) is 0 Å². The SMILES string of the molecule is CC[C@@H](O)CN1C(=O)C[C@@](C)(CC(C)C)C1=O. The summed E-state index contributed by atoms with van der Waals surface area (Å²) in [5.74, 6) is 0.113. The van der Waals surface area contributed by atoms with Crippen LogP contribution in [0, 0.1) is 11.3 Å². The maximum atomic E-state index is 12.2. The molecule has 0 unspecified atom stereocenters. The van der Waals surface area contributed by atoms with Crippen molar-refractivity contribution < 1.29 is 14.7 Å². The molecule has 1 aliphatic rings. The van der Waals surface area contributed by atoms with Crippen molar-refractivity contribution in [3.05, 3.63) is 0 Å². The molecule has 1 saturated heterocycles. The molecule has 17 heavy (non-hydrogen) atoms. The van der Waals surface area contributed by atoms with Crippen LogP contribution in [0.4, 0.5) is 0 Å². The van der Waals surface area contributed by atoms with Crippen molar-refractivity contribution in [2.45, 2.75) is 53.1 Å². The largest absolute Gasteiger partial charge is 0.391 e. The summed E-state index contributed by atoms with van der Waals surface area (Å²) in [4.78, 5) is 25.3. The van der Waals surface area contributed by atoms with E-state index < -0.39 is 11.5 Å². The number of amides is 2. The third-order valence-corrected chi connectivity index (χ3v) is 3.33. The Hall–Kier alpha value is -0.900. The third-order valence-electron chi connectivity index (χ3n) is 3.33. The Balaban J connectivity index is 2.77. The topological polar surface area (TPSA) is 57.6 Å². The number of hydrogen-bond donors (Lipinski definition) is 1. The number of aliphatic hydroxyl groups is 1. The quantitative estimate of drug-likeness (QED) is 0.743. The number of aliphatic hydroxyl groups excluding tert-OH is 1. The van der Waals surface area contributed by atoms with Crippen LogP contribution in [0.15, 0.2) is 0 Å². The molecule has 0 aliphatic carbocycles. The smallest absolute Gasteiger partial charge is 0.235 e. The summed E-state index contributed by atoms with van der Waals surface area (Å²) < 4.78 is 0. The Morgan fingerprint density at radius 3 is 2.47 bits per heavy atom. The van der Waals surface area contributed by atoms with Gasteiger partial charge in [-0.2, -0.15) is 0 Å². The van der Waals surface area contributed by atoms with Gasteiger partial charge in [0.2, 0.25) is 11.8 Å². The lowest BCUT2D eigenvalue weighted by molar-refractivity contribution is -0.143. The molecule has 2 atom stereocenters. The zero-order valence-electron chi connectivity index (χ0n) is 11.2. The van der Waals surface area contributed by atoms with E-state index in [2.05, 4.69) is 0 Å². The zero-order chi connectivity index (χ0) is 13.2. The Bertz CT molecular complexity index is 314. The van der Waals surface area contributed by atoms with Crippen LogP contribution in [0.1, 0.15) is 47.0 Å². The normalized spacial score (nSPS) is 27.1. The highest BCUT2D eigenvalue weighted by Crippen LogP contribution is 2.38. The first-order valence-corrected chi connectivity index (χ1v) is 6.33. The van der Waals surface area contributed by atoms with E-state index in [1.807, 2.05) is 27.7 Å². The number of β-amino-alcohol motifs (C(OH)–C–C–N with tert-alkyl or cyclic N) is 1. The minimum Gasteiger partial charge on any atom is -0.391 e. The molecule has 0 aromatic heterocycles. The van der Waals surface area contributed by atoms with Crippen molar-refractivity contribution >= 4 is 11.8 Å². The molecule has 0 radical (unpaired) electrons. The minimum atomic E-state index is -0.607. The van der Waals surface area contributed by atoms with Crippen molar-refractivity contribution in [1.29, 1.82) is 0 Å². The van der Waals surface area contributed by atoms with Crippen molar-refractivity contribution in [2.24, 2.45) is 11.3 Å². The summed E-state index contributed by atoms with van der Waals surface area (Å²) in [6.45, 7) is 7.93. The molecule has 0 aromatic carbocycles. The Labute approximate surface area is 103 Å². The number of likely N-dealkylation sites (tertiary alicyclic amines) is 1. The van der Waals surface area contributed by atoms with Crippen LogP contribution < -0.4 is 0 Å². The molecule has 2 amide bonds. The van der Waals surface area contributed by atoms with Gasteiger partial charge in [0, 0.05) is 6.42 Å². The molecule has 1 N–H and O–H groups in total. The van der Waals surface area contributed by atoms with Crippen LogP contribution in [0.5, 0.6) is 0 Å². The van der Waals surface area contributed by atoms with Gasteiger partial charge in [0.25, 0.3) is 0 Å². The molecule has 1 rings (SSSR count). The second-order valence-electron chi connectivity index (χ2n) is 5.71. The molecule has 4 nitrogen and oxygen atoms in total. The summed E-state index contributed by atoms with van der Waals surface area (Å²) >= 11 is 0. The number of rotatable bonds is 5. The molecular formula is C13H23NO3. The maximum Gasteiger partial charge on any atom is 0.235 e. The molecule has 98 valence electrons. The van der Waals surface area contributed by atoms with Gasteiger partial charge in [-0.15, -0.1) is 0 Å². The van der Waals surface area contributed by atoms with Crippen LogP contribution in [-0.4, -0.2) is 34.5 Å². The molecule has 0 bridgehead atoms. The average molecular weight is 241 g/mol. The minimum absolute atomic E-state index is 0.122. The molecule has 1 aliphatic heterocycles. The molecule has 1 fully saturated rings. The Morgan fingerprint density at radius 1 is 1.41 bits per heavy atom. The molecule has 4 heteroatoms. The fourth-order valence-electron chi connectivity index (χ4n) is 2.53. The van der Waals surface area contributed by atoms with Gasteiger partial charge in [0.05, 0.1) is 18.1 Å². The summed E-state index contributed by atoms with van der Waals surface area (Å²) in [5.41, 5.74) is -0.571. The van der Waals surface area contributed by atoms with Crippen LogP contribution in [0.2, 0.25) is 0 Å². The first-order valence-electron chi connectivity index (χ1n) is 6.33. The molecule has 0 aromatic rings. The predicted octanol–water partition coefficient (Wildman–Crippen LogP) is 1.57. The second-order valence-corrected chi connectivity index (χ2v) is 5.71. The lowest BCUT2D eigenvalue weighted by atomic mass is 9.80. The van der Waals surface area contributed by atoms with Crippen molar-refractivity contribution in [1.82, 2.24) is 4.90 Å². The number of carbonyl (C=O) groups is 2. The molecule has 0 spiro atoms. The van der Waals surface area contributed by atoms with Crippen molar-refractivity contribution in [3.8, 4) is 0 Å². The number of carbonyl (C=O) groups excluding carboxylic acids is 2. The van der Waals surface area contributed by atoms with Gasteiger partial charge >= 0.3 is 0 Å². The van der Waals surface area contributed by atoms with E-state index in [0.29, 0.717) is 12.3 Å². The van der Waals surface area contributed by atoms with E-state index in [0.717, 1.165) is 6.42 Å². The Kier molecular flexibility index (Phi) is 4.31. The van der Waals surface area contributed by atoms with E-state index in [-0.39, 0.29) is 24.8 Å². The van der Waals surface area contributed by atoms with E-state index >= 15 is 0 Å². The first-order chi connectivity index (χ1) is 7.80. The van der Waals surface area contributed by atoms with Crippen LogP contribution in [0.3, 0.4) is 0 Å². The van der Waals surface area contributed by atoms with Crippen molar-refractivity contribution in [3.63, 3.8) is 0 Å². The van der Waals surface area contributed by atoms with E-state index in [4.69, 9.17) is 0 Å². The van der Waals surface area contributed by atoms with Gasteiger partial charge in [0.1, 0.15) is 0 Å². The highest BCUT2D eigenvalue weighted by atomic mass is 16.3. The van der Waals surface area contributed by atoms with Gasteiger partial charge < -0.3 is 5.11 Å². The fourth-order valence-corrected chi connectivity index (χ4v) is 2.53. The fraction of sp³-hybridized carbons (Fsp3) is 0.846. The molecule has 0 saturated carbocycles. The van der Waals surface area contributed by atoms with Gasteiger partial charge in [-0.05, 0) is 18.8 Å². The molecule has 1 heterocycles. The Morgan fingerprint density at radius 2 is 2.00 bits per heavy atom. The van der Waals surface area contributed by atoms with E-state index in [1.54, 1.807) is 0 Å².